The number of aliphatic hydroxyl groups is 1. The lowest BCUT2D eigenvalue weighted by Crippen LogP contribution is -2.35. The molecule has 1 unspecified atom stereocenters. The van der Waals surface area contributed by atoms with Crippen LogP contribution in [0, 0.1) is 10.1 Å². The summed E-state index contributed by atoms with van der Waals surface area (Å²) in [5.41, 5.74) is 0. The molecule has 0 aliphatic heterocycles. The van der Waals surface area contributed by atoms with Crippen molar-refractivity contribution in [1.82, 2.24) is 0 Å². The molecule has 0 aromatic carbocycles. The van der Waals surface area contributed by atoms with Crippen molar-refractivity contribution >= 4 is 34.8 Å². The Morgan fingerprint density at radius 1 is 1.40 bits per heavy atom. The monoisotopic (exact) mass is 279 g/mol. The molecule has 1 atom stereocenters. The number of ether oxygens (including phenoxy) is 1. The van der Waals surface area contributed by atoms with Crippen LogP contribution in [-0.2, 0) is 4.74 Å². The van der Waals surface area contributed by atoms with Crippen molar-refractivity contribution in [3.8, 4) is 0 Å². The molecule has 1 N–H and O–H groups in total. The molecule has 0 radical (unpaired) electrons. The minimum atomic E-state index is -1.81. The second-order valence-electron chi connectivity index (χ2n) is 2.85. The molecule has 0 rings (SSSR count). The van der Waals surface area contributed by atoms with Crippen molar-refractivity contribution in [3.63, 3.8) is 0 Å². The molecule has 0 fully saturated rings. The third-order valence-corrected chi connectivity index (χ3v) is 2.28. The van der Waals surface area contributed by atoms with Crippen LogP contribution in [0.15, 0.2) is 0 Å². The highest BCUT2D eigenvalue weighted by atomic mass is 35.6. The highest BCUT2D eigenvalue weighted by Crippen LogP contribution is 2.32. The molecular formula is C7H12Cl3NO4. The van der Waals surface area contributed by atoms with Gasteiger partial charge in [0.1, 0.15) is 0 Å². The summed E-state index contributed by atoms with van der Waals surface area (Å²) in [6, 6.07) is 0. The Morgan fingerprint density at radius 2 is 2.00 bits per heavy atom. The van der Waals surface area contributed by atoms with Gasteiger partial charge in [-0.2, -0.15) is 0 Å². The van der Waals surface area contributed by atoms with Gasteiger partial charge in [-0.15, -0.1) is 0 Å². The maximum atomic E-state index is 10.3. The number of nitro groups is 1. The lowest BCUT2D eigenvalue weighted by Gasteiger charge is -2.20. The van der Waals surface area contributed by atoms with E-state index in [-0.39, 0.29) is 13.2 Å². The molecular weight excluding hydrogens is 268 g/mol. The van der Waals surface area contributed by atoms with E-state index in [0.717, 1.165) is 0 Å². The summed E-state index contributed by atoms with van der Waals surface area (Å²) in [6.07, 6.45) is 0.0347. The molecule has 15 heavy (non-hydrogen) atoms. The van der Waals surface area contributed by atoms with Crippen molar-refractivity contribution in [2.75, 3.05) is 19.8 Å². The van der Waals surface area contributed by atoms with Crippen LogP contribution in [0.1, 0.15) is 12.8 Å². The fourth-order valence-corrected chi connectivity index (χ4v) is 1.22. The maximum absolute atomic E-state index is 10.3. The predicted molar refractivity (Wildman–Crippen MR) is 58.2 cm³/mol. The summed E-state index contributed by atoms with van der Waals surface area (Å²) in [6.45, 7) is -0.306. The quantitative estimate of drug-likeness (QED) is 0.334. The third kappa shape index (κ3) is 8.04. The van der Waals surface area contributed by atoms with Crippen molar-refractivity contribution in [2.45, 2.75) is 22.7 Å². The minimum Gasteiger partial charge on any atom is -0.396 e. The molecule has 0 aliphatic carbocycles. The Bertz CT molecular complexity index is 197. The molecule has 0 aromatic heterocycles. The Labute approximate surface area is 102 Å². The van der Waals surface area contributed by atoms with E-state index >= 15 is 0 Å². The summed E-state index contributed by atoms with van der Waals surface area (Å²) in [5.74, 6) is 0. The standard InChI is InChI=1S/C7H12Cl3NO4/c8-7(9,10)6(5-11(13)14)15-4-2-1-3-12/h6,12H,1-5H2. The van der Waals surface area contributed by atoms with E-state index in [1.807, 2.05) is 0 Å². The summed E-state index contributed by atoms with van der Waals surface area (Å²) in [7, 11) is 0. The molecule has 0 aromatic rings. The lowest BCUT2D eigenvalue weighted by atomic mass is 10.3. The Kier molecular flexibility index (Phi) is 7.56. The zero-order valence-corrected chi connectivity index (χ0v) is 10.1. The molecule has 0 amide bonds. The third-order valence-electron chi connectivity index (χ3n) is 1.55. The molecule has 8 heteroatoms. The fraction of sp³-hybridized carbons (Fsp3) is 1.00. The lowest BCUT2D eigenvalue weighted by molar-refractivity contribution is -0.491. The number of rotatable bonds is 7. The zero-order chi connectivity index (χ0) is 11.9. The first-order valence-electron chi connectivity index (χ1n) is 4.29. The van der Waals surface area contributed by atoms with Crippen LogP contribution in [0.3, 0.4) is 0 Å². The first-order valence-corrected chi connectivity index (χ1v) is 5.42. The number of alkyl halides is 3. The van der Waals surface area contributed by atoms with Crippen LogP contribution in [0.25, 0.3) is 0 Å². The van der Waals surface area contributed by atoms with Gasteiger partial charge in [0.25, 0.3) is 0 Å². The van der Waals surface area contributed by atoms with Crippen molar-refractivity contribution in [1.29, 1.82) is 0 Å². The van der Waals surface area contributed by atoms with E-state index in [2.05, 4.69) is 0 Å². The summed E-state index contributed by atoms with van der Waals surface area (Å²) in [5, 5.41) is 18.7. The number of unbranched alkanes of at least 4 members (excludes halogenated alkanes) is 1. The van der Waals surface area contributed by atoms with Crippen LogP contribution in [0.2, 0.25) is 0 Å². The number of hydrogen-bond donors (Lipinski definition) is 1. The molecule has 0 saturated carbocycles. The molecule has 0 heterocycles. The van der Waals surface area contributed by atoms with Crippen LogP contribution >= 0.6 is 34.8 Å². The van der Waals surface area contributed by atoms with Gasteiger partial charge in [-0.05, 0) is 12.8 Å². The van der Waals surface area contributed by atoms with E-state index in [1.165, 1.54) is 0 Å². The smallest absolute Gasteiger partial charge is 0.233 e. The molecule has 0 bridgehead atoms. The van der Waals surface area contributed by atoms with Gasteiger partial charge in [-0.3, -0.25) is 10.1 Å². The Morgan fingerprint density at radius 3 is 2.40 bits per heavy atom. The van der Waals surface area contributed by atoms with E-state index < -0.39 is 21.4 Å². The van der Waals surface area contributed by atoms with Crippen molar-refractivity contribution in [2.24, 2.45) is 0 Å². The second kappa shape index (κ2) is 7.46. The van der Waals surface area contributed by atoms with E-state index in [9.17, 15) is 10.1 Å². The van der Waals surface area contributed by atoms with Crippen molar-refractivity contribution in [3.05, 3.63) is 10.1 Å². The average molecular weight is 281 g/mol. The number of halogens is 3. The summed E-state index contributed by atoms with van der Waals surface area (Å²) >= 11 is 16.5. The van der Waals surface area contributed by atoms with Crippen LogP contribution in [0.4, 0.5) is 0 Å². The van der Waals surface area contributed by atoms with Gasteiger partial charge >= 0.3 is 0 Å². The van der Waals surface area contributed by atoms with Crippen LogP contribution < -0.4 is 0 Å². The maximum Gasteiger partial charge on any atom is 0.233 e. The fourth-order valence-electron chi connectivity index (χ4n) is 0.826. The minimum absolute atomic E-state index is 0.0387. The van der Waals surface area contributed by atoms with Gasteiger partial charge < -0.3 is 9.84 Å². The zero-order valence-electron chi connectivity index (χ0n) is 7.87. The van der Waals surface area contributed by atoms with Gasteiger partial charge in [-0.25, -0.2) is 0 Å². The van der Waals surface area contributed by atoms with Gasteiger partial charge in [0.05, 0.1) is 0 Å². The van der Waals surface area contributed by atoms with Crippen molar-refractivity contribution < 1.29 is 14.8 Å². The van der Waals surface area contributed by atoms with Gasteiger partial charge in [0.2, 0.25) is 10.3 Å². The SMILES string of the molecule is O=[N+]([O-])CC(OCCCCO)C(Cl)(Cl)Cl. The Hall–Kier alpha value is 0.190. The molecule has 5 nitrogen and oxygen atoms in total. The predicted octanol–water partition coefficient (Wildman–Crippen LogP) is 1.79. The first-order chi connectivity index (χ1) is 6.88. The van der Waals surface area contributed by atoms with Gasteiger partial charge in [0.15, 0.2) is 6.10 Å². The molecule has 0 spiro atoms. The van der Waals surface area contributed by atoms with Crippen LogP contribution in [-0.4, -0.2) is 39.7 Å². The van der Waals surface area contributed by atoms with E-state index in [1.54, 1.807) is 0 Å². The summed E-state index contributed by atoms with van der Waals surface area (Å²) in [4.78, 5) is 9.66. The highest BCUT2D eigenvalue weighted by Gasteiger charge is 2.37. The molecule has 0 aliphatic rings. The van der Waals surface area contributed by atoms with E-state index in [0.29, 0.717) is 12.8 Å². The topological polar surface area (TPSA) is 72.6 Å². The summed E-state index contributed by atoms with van der Waals surface area (Å²) < 4.78 is 3.26. The first kappa shape index (κ1) is 15.2. The Balaban J connectivity index is 3.97. The number of hydrogen-bond acceptors (Lipinski definition) is 4. The molecule has 0 saturated heterocycles. The van der Waals surface area contributed by atoms with Crippen LogP contribution in [0.5, 0.6) is 0 Å². The number of aliphatic hydroxyl groups excluding tert-OH is 1. The van der Waals surface area contributed by atoms with Gasteiger partial charge in [-0.1, -0.05) is 34.8 Å². The van der Waals surface area contributed by atoms with E-state index in [4.69, 9.17) is 44.6 Å². The average Bonchev–Trinajstić information content (AvgIpc) is 2.08. The highest BCUT2D eigenvalue weighted by molar-refractivity contribution is 6.68. The largest absolute Gasteiger partial charge is 0.396 e. The van der Waals surface area contributed by atoms with Gasteiger partial charge in [0, 0.05) is 18.1 Å². The molecule has 90 valence electrons. The number of nitrogens with zero attached hydrogens (tertiary/aromatic N) is 1. The normalized spacial score (nSPS) is 13.9. The second-order valence-corrected chi connectivity index (χ2v) is 5.22.